The Kier molecular flexibility index (Phi) is 5.56. The highest BCUT2D eigenvalue weighted by Crippen LogP contribution is 2.16. The molecule has 3 atom stereocenters. The van der Waals surface area contributed by atoms with Gasteiger partial charge in [0.15, 0.2) is 0 Å². The summed E-state index contributed by atoms with van der Waals surface area (Å²) < 4.78 is 0. The number of carbonyl (C=O) groups excluding carboxylic acids is 1. The molecule has 1 amide bonds. The van der Waals surface area contributed by atoms with Crippen LogP contribution in [0.3, 0.4) is 0 Å². The number of piperidine rings is 1. The Labute approximate surface area is 120 Å². The number of hydrogen-bond donors (Lipinski definition) is 3. The van der Waals surface area contributed by atoms with Crippen LogP contribution in [0.1, 0.15) is 25.3 Å². The standard InChI is InChI=1S/C16H24N2O2/c1-12-9-14(7-8-17-12)16(20)18-15(11-19)10-13-5-3-2-4-6-13/h2-6,12,14-15,17,19H,7-11H2,1H3,(H,18,20). The Morgan fingerprint density at radius 2 is 2.20 bits per heavy atom. The second-order valence-electron chi connectivity index (χ2n) is 5.65. The predicted octanol–water partition coefficient (Wildman–Crippen LogP) is 1.09. The Morgan fingerprint density at radius 3 is 2.85 bits per heavy atom. The van der Waals surface area contributed by atoms with E-state index in [1.165, 1.54) is 0 Å². The first-order valence-electron chi connectivity index (χ1n) is 7.37. The zero-order chi connectivity index (χ0) is 14.4. The van der Waals surface area contributed by atoms with E-state index in [1.807, 2.05) is 30.3 Å². The van der Waals surface area contributed by atoms with E-state index >= 15 is 0 Å². The molecule has 2 rings (SSSR count). The van der Waals surface area contributed by atoms with Crippen molar-refractivity contribution >= 4 is 5.91 Å². The number of aliphatic hydroxyl groups is 1. The van der Waals surface area contributed by atoms with Gasteiger partial charge in [-0.15, -0.1) is 0 Å². The van der Waals surface area contributed by atoms with Crippen molar-refractivity contribution in [2.45, 2.75) is 38.3 Å². The van der Waals surface area contributed by atoms with Gasteiger partial charge in [0.1, 0.15) is 0 Å². The van der Waals surface area contributed by atoms with Crippen molar-refractivity contribution in [1.82, 2.24) is 10.6 Å². The molecule has 0 aromatic heterocycles. The number of hydrogen-bond acceptors (Lipinski definition) is 3. The van der Waals surface area contributed by atoms with Gasteiger partial charge in [0, 0.05) is 12.0 Å². The molecular formula is C16H24N2O2. The third-order valence-electron chi connectivity index (χ3n) is 3.89. The molecule has 1 aliphatic rings. The third-order valence-corrected chi connectivity index (χ3v) is 3.89. The van der Waals surface area contributed by atoms with E-state index in [4.69, 9.17) is 0 Å². The number of amides is 1. The Balaban J connectivity index is 1.87. The fourth-order valence-electron chi connectivity index (χ4n) is 2.75. The van der Waals surface area contributed by atoms with E-state index in [9.17, 15) is 9.90 Å². The van der Waals surface area contributed by atoms with Crippen molar-refractivity contribution in [3.8, 4) is 0 Å². The van der Waals surface area contributed by atoms with Gasteiger partial charge in [0.05, 0.1) is 12.6 Å². The molecule has 1 saturated heterocycles. The molecule has 1 fully saturated rings. The summed E-state index contributed by atoms with van der Waals surface area (Å²) in [4.78, 5) is 12.3. The monoisotopic (exact) mass is 276 g/mol. The average molecular weight is 276 g/mol. The first kappa shape index (κ1) is 15.0. The van der Waals surface area contributed by atoms with Gasteiger partial charge in [-0.1, -0.05) is 30.3 Å². The molecule has 0 spiro atoms. The quantitative estimate of drug-likeness (QED) is 0.754. The largest absolute Gasteiger partial charge is 0.394 e. The fraction of sp³-hybridized carbons (Fsp3) is 0.562. The SMILES string of the molecule is CC1CC(C(=O)NC(CO)Cc2ccccc2)CCN1. The van der Waals surface area contributed by atoms with Crippen LogP contribution in [0.4, 0.5) is 0 Å². The molecule has 1 aliphatic heterocycles. The summed E-state index contributed by atoms with van der Waals surface area (Å²) in [5, 5.41) is 15.8. The van der Waals surface area contributed by atoms with Crippen LogP contribution in [0.25, 0.3) is 0 Å². The van der Waals surface area contributed by atoms with Crippen LogP contribution in [0.2, 0.25) is 0 Å². The molecule has 1 aromatic carbocycles. The van der Waals surface area contributed by atoms with Crippen LogP contribution in [0.15, 0.2) is 30.3 Å². The van der Waals surface area contributed by atoms with Crippen molar-refractivity contribution in [3.63, 3.8) is 0 Å². The zero-order valence-corrected chi connectivity index (χ0v) is 12.0. The summed E-state index contributed by atoms with van der Waals surface area (Å²) in [5.41, 5.74) is 1.13. The van der Waals surface area contributed by atoms with Crippen molar-refractivity contribution in [1.29, 1.82) is 0 Å². The molecule has 110 valence electrons. The molecule has 20 heavy (non-hydrogen) atoms. The number of rotatable bonds is 5. The van der Waals surface area contributed by atoms with Gasteiger partial charge < -0.3 is 15.7 Å². The molecular weight excluding hydrogens is 252 g/mol. The lowest BCUT2D eigenvalue weighted by molar-refractivity contribution is -0.127. The smallest absolute Gasteiger partial charge is 0.223 e. The summed E-state index contributed by atoms with van der Waals surface area (Å²) >= 11 is 0. The molecule has 4 nitrogen and oxygen atoms in total. The first-order chi connectivity index (χ1) is 9.69. The highest BCUT2D eigenvalue weighted by molar-refractivity contribution is 5.79. The van der Waals surface area contributed by atoms with Gasteiger partial charge in [-0.25, -0.2) is 0 Å². The maximum absolute atomic E-state index is 12.3. The molecule has 0 bridgehead atoms. The maximum atomic E-state index is 12.3. The minimum absolute atomic E-state index is 0.0266. The molecule has 3 N–H and O–H groups in total. The highest BCUT2D eigenvalue weighted by Gasteiger charge is 2.26. The second-order valence-corrected chi connectivity index (χ2v) is 5.65. The topological polar surface area (TPSA) is 61.4 Å². The minimum Gasteiger partial charge on any atom is -0.394 e. The molecule has 1 aromatic rings. The van der Waals surface area contributed by atoms with E-state index in [0.29, 0.717) is 12.5 Å². The summed E-state index contributed by atoms with van der Waals surface area (Å²) in [6.07, 6.45) is 2.42. The second kappa shape index (κ2) is 7.41. The summed E-state index contributed by atoms with van der Waals surface area (Å²) in [6.45, 7) is 2.97. The van der Waals surface area contributed by atoms with Crippen LogP contribution >= 0.6 is 0 Å². The Hall–Kier alpha value is -1.39. The fourth-order valence-corrected chi connectivity index (χ4v) is 2.75. The van der Waals surface area contributed by atoms with Gasteiger partial charge in [0.2, 0.25) is 5.91 Å². The first-order valence-corrected chi connectivity index (χ1v) is 7.37. The summed E-state index contributed by atoms with van der Waals surface area (Å²) in [5.74, 6) is 0.143. The van der Waals surface area contributed by atoms with Crippen LogP contribution in [0.5, 0.6) is 0 Å². The van der Waals surface area contributed by atoms with E-state index in [1.54, 1.807) is 0 Å². The van der Waals surface area contributed by atoms with Gasteiger partial charge in [0.25, 0.3) is 0 Å². The van der Waals surface area contributed by atoms with Gasteiger partial charge in [-0.05, 0) is 38.3 Å². The van der Waals surface area contributed by atoms with Crippen LogP contribution in [-0.2, 0) is 11.2 Å². The van der Waals surface area contributed by atoms with Crippen molar-refractivity contribution in [3.05, 3.63) is 35.9 Å². The van der Waals surface area contributed by atoms with E-state index < -0.39 is 0 Å². The molecule has 4 heteroatoms. The van der Waals surface area contributed by atoms with Crippen LogP contribution < -0.4 is 10.6 Å². The number of benzene rings is 1. The lowest BCUT2D eigenvalue weighted by atomic mass is 9.92. The van der Waals surface area contributed by atoms with Gasteiger partial charge >= 0.3 is 0 Å². The van der Waals surface area contributed by atoms with Crippen molar-refractivity contribution in [2.75, 3.05) is 13.2 Å². The molecule has 0 aliphatic carbocycles. The molecule has 0 radical (unpaired) electrons. The van der Waals surface area contributed by atoms with E-state index in [2.05, 4.69) is 17.6 Å². The summed E-state index contributed by atoms with van der Waals surface area (Å²) in [7, 11) is 0. The van der Waals surface area contributed by atoms with E-state index in [-0.39, 0.29) is 24.5 Å². The number of aliphatic hydroxyl groups excluding tert-OH is 1. The molecule has 0 saturated carbocycles. The molecule has 3 unspecified atom stereocenters. The average Bonchev–Trinajstić information content (AvgIpc) is 2.47. The normalized spacial score (nSPS) is 24.1. The minimum atomic E-state index is -0.199. The summed E-state index contributed by atoms with van der Waals surface area (Å²) in [6, 6.07) is 10.1. The lowest BCUT2D eigenvalue weighted by Gasteiger charge is -2.28. The van der Waals surface area contributed by atoms with Crippen LogP contribution in [0, 0.1) is 5.92 Å². The zero-order valence-electron chi connectivity index (χ0n) is 12.0. The third kappa shape index (κ3) is 4.32. The van der Waals surface area contributed by atoms with E-state index in [0.717, 1.165) is 24.9 Å². The van der Waals surface area contributed by atoms with Crippen molar-refractivity contribution in [2.24, 2.45) is 5.92 Å². The molecule has 1 heterocycles. The Morgan fingerprint density at radius 1 is 1.45 bits per heavy atom. The van der Waals surface area contributed by atoms with Gasteiger partial charge in [-0.2, -0.15) is 0 Å². The van der Waals surface area contributed by atoms with Crippen molar-refractivity contribution < 1.29 is 9.90 Å². The lowest BCUT2D eigenvalue weighted by Crippen LogP contribution is -2.46. The highest BCUT2D eigenvalue weighted by atomic mass is 16.3. The maximum Gasteiger partial charge on any atom is 0.223 e. The number of carbonyl (C=O) groups is 1. The van der Waals surface area contributed by atoms with Crippen LogP contribution in [-0.4, -0.2) is 36.2 Å². The predicted molar refractivity (Wildman–Crippen MR) is 79.4 cm³/mol. The van der Waals surface area contributed by atoms with Gasteiger partial charge in [-0.3, -0.25) is 4.79 Å². The Bertz CT molecular complexity index is 422. The number of nitrogens with one attached hydrogen (secondary N) is 2.